The summed E-state index contributed by atoms with van der Waals surface area (Å²) in [5.74, 6) is 0.343. The largest absolute Gasteiger partial charge is 0.260 e. The van der Waals surface area contributed by atoms with E-state index < -0.39 is 0 Å². The topological polar surface area (TPSA) is 12.9 Å². The number of hydrogen-bond donors (Lipinski definition) is 0. The van der Waals surface area contributed by atoms with E-state index in [4.69, 9.17) is 0 Å². The van der Waals surface area contributed by atoms with Crippen molar-refractivity contribution in [2.45, 2.75) is 19.8 Å². The summed E-state index contributed by atoms with van der Waals surface area (Å²) in [5.41, 5.74) is 3.54. The molecule has 1 atom stereocenters. The molecule has 1 aromatic carbocycles. The Morgan fingerprint density at radius 1 is 1.06 bits per heavy atom. The van der Waals surface area contributed by atoms with Crippen LogP contribution in [0.25, 0.3) is 6.08 Å². The molecule has 86 valence electrons. The highest BCUT2D eigenvalue weighted by Crippen LogP contribution is 2.15. The lowest BCUT2D eigenvalue weighted by Crippen LogP contribution is -1.93. The molecule has 2 rings (SSSR count). The normalized spacial score (nSPS) is 12.8. The molecular formula is C16H17N. The molecule has 0 saturated carbocycles. The van der Waals surface area contributed by atoms with Crippen LogP contribution in [0, 0.1) is 6.92 Å². The molecule has 0 aliphatic heterocycles. The maximum atomic E-state index is 4.44. The Hall–Kier alpha value is -1.89. The first-order valence-electron chi connectivity index (χ1n) is 5.91. The van der Waals surface area contributed by atoms with Crippen molar-refractivity contribution in [2.24, 2.45) is 0 Å². The van der Waals surface area contributed by atoms with E-state index in [1.165, 1.54) is 11.1 Å². The van der Waals surface area contributed by atoms with Crippen LogP contribution in [0.2, 0.25) is 0 Å². The molecule has 1 nitrogen and oxygen atoms in total. The molecule has 1 aromatic heterocycles. The van der Waals surface area contributed by atoms with Gasteiger partial charge in [-0.2, -0.15) is 0 Å². The van der Waals surface area contributed by atoms with E-state index in [0.29, 0.717) is 5.92 Å². The van der Waals surface area contributed by atoms with Gasteiger partial charge < -0.3 is 0 Å². The highest BCUT2D eigenvalue weighted by Gasteiger charge is 2.01. The molecule has 0 amide bonds. The number of aromatic nitrogens is 1. The average molecular weight is 223 g/mol. The van der Waals surface area contributed by atoms with Crippen LogP contribution in [-0.2, 0) is 0 Å². The monoisotopic (exact) mass is 223 g/mol. The van der Waals surface area contributed by atoms with E-state index in [1.807, 2.05) is 12.3 Å². The maximum Gasteiger partial charge on any atom is 0.0469 e. The first-order valence-corrected chi connectivity index (χ1v) is 5.91. The Labute approximate surface area is 103 Å². The van der Waals surface area contributed by atoms with Crippen molar-refractivity contribution in [3.05, 3.63) is 71.6 Å². The quantitative estimate of drug-likeness (QED) is 0.759. The van der Waals surface area contributed by atoms with Gasteiger partial charge in [0.15, 0.2) is 0 Å². The molecule has 0 aliphatic rings. The Morgan fingerprint density at radius 3 is 2.47 bits per heavy atom. The van der Waals surface area contributed by atoms with Crippen molar-refractivity contribution in [1.82, 2.24) is 4.98 Å². The summed E-state index contributed by atoms with van der Waals surface area (Å²) in [4.78, 5) is 4.44. The van der Waals surface area contributed by atoms with Crippen LogP contribution in [0.3, 0.4) is 0 Å². The summed E-state index contributed by atoms with van der Waals surface area (Å²) < 4.78 is 0. The summed E-state index contributed by atoms with van der Waals surface area (Å²) in [6.45, 7) is 4.22. The summed E-state index contributed by atoms with van der Waals surface area (Å²) in [6.07, 6.45) is 6.25. The number of aryl methyl sites for hydroxylation is 1. The van der Waals surface area contributed by atoms with Crippen LogP contribution in [0.15, 0.2) is 54.7 Å². The summed E-state index contributed by atoms with van der Waals surface area (Å²) >= 11 is 0. The molecule has 0 bridgehead atoms. The first kappa shape index (κ1) is 11.6. The minimum atomic E-state index is 0.343. The van der Waals surface area contributed by atoms with Crippen LogP contribution in [0.1, 0.15) is 29.7 Å². The van der Waals surface area contributed by atoms with Gasteiger partial charge in [0.05, 0.1) is 0 Å². The molecule has 0 aliphatic carbocycles. The fraction of sp³-hybridized carbons (Fsp3) is 0.188. The highest BCUT2D eigenvalue weighted by atomic mass is 14.7. The van der Waals surface area contributed by atoms with E-state index in [1.54, 1.807) is 0 Å². The summed E-state index contributed by atoms with van der Waals surface area (Å²) in [7, 11) is 0. The predicted octanol–water partition coefficient (Wildman–Crippen LogP) is 4.21. The Kier molecular flexibility index (Phi) is 3.71. The second-order valence-corrected chi connectivity index (χ2v) is 4.32. The van der Waals surface area contributed by atoms with E-state index in [9.17, 15) is 0 Å². The molecule has 0 saturated heterocycles. The molecular weight excluding hydrogens is 206 g/mol. The zero-order valence-corrected chi connectivity index (χ0v) is 10.3. The third kappa shape index (κ3) is 3.28. The summed E-state index contributed by atoms with van der Waals surface area (Å²) in [6, 6.07) is 14.5. The smallest absolute Gasteiger partial charge is 0.0469 e. The Morgan fingerprint density at radius 2 is 1.82 bits per heavy atom. The third-order valence-corrected chi connectivity index (χ3v) is 2.78. The first-order chi connectivity index (χ1) is 8.25. The molecule has 17 heavy (non-hydrogen) atoms. The SMILES string of the molecule is Cc1ccc(C(C)C=Cc2ccccc2)nc1. The second kappa shape index (κ2) is 5.44. The standard InChI is InChI=1S/C16H17N/c1-13-8-11-16(17-12-13)14(2)9-10-15-6-4-3-5-7-15/h3-12,14H,1-2H3. The van der Waals surface area contributed by atoms with E-state index >= 15 is 0 Å². The van der Waals surface area contributed by atoms with Gasteiger partial charge in [0.25, 0.3) is 0 Å². The lowest BCUT2D eigenvalue weighted by molar-refractivity contribution is 0.907. The van der Waals surface area contributed by atoms with Gasteiger partial charge in [-0.25, -0.2) is 0 Å². The molecule has 0 fully saturated rings. The van der Waals surface area contributed by atoms with Crippen molar-refractivity contribution >= 4 is 6.08 Å². The van der Waals surface area contributed by atoms with Gasteiger partial charge in [0, 0.05) is 17.8 Å². The lowest BCUT2D eigenvalue weighted by atomic mass is 10.0. The predicted molar refractivity (Wildman–Crippen MR) is 72.9 cm³/mol. The van der Waals surface area contributed by atoms with E-state index in [-0.39, 0.29) is 0 Å². The van der Waals surface area contributed by atoms with Crippen LogP contribution >= 0.6 is 0 Å². The molecule has 0 spiro atoms. The van der Waals surface area contributed by atoms with Crippen LogP contribution in [0.4, 0.5) is 0 Å². The van der Waals surface area contributed by atoms with Crippen molar-refractivity contribution in [3.63, 3.8) is 0 Å². The van der Waals surface area contributed by atoms with Crippen LogP contribution in [0.5, 0.6) is 0 Å². The highest BCUT2D eigenvalue weighted by molar-refractivity contribution is 5.50. The van der Waals surface area contributed by atoms with Gasteiger partial charge in [0.1, 0.15) is 0 Å². The minimum absolute atomic E-state index is 0.343. The number of hydrogen-bond acceptors (Lipinski definition) is 1. The third-order valence-electron chi connectivity index (χ3n) is 2.78. The number of nitrogens with zero attached hydrogens (tertiary/aromatic N) is 1. The molecule has 0 N–H and O–H groups in total. The zero-order valence-electron chi connectivity index (χ0n) is 10.3. The van der Waals surface area contributed by atoms with Gasteiger partial charge >= 0.3 is 0 Å². The minimum Gasteiger partial charge on any atom is -0.260 e. The second-order valence-electron chi connectivity index (χ2n) is 4.32. The van der Waals surface area contributed by atoms with Crippen molar-refractivity contribution in [2.75, 3.05) is 0 Å². The number of rotatable bonds is 3. The molecule has 1 unspecified atom stereocenters. The van der Waals surface area contributed by atoms with Gasteiger partial charge in [-0.05, 0) is 24.1 Å². The molecule has 1 heterocycles. The molecule has 2 aromatic rings. The van der Waals surface area contributed by atoms with Crippen LogP contribution in [-0.4, -0.2) is 4.98 Å². The molecule has 1 heteroatoms. The average Bonchev–Trinajstić information content (AvgIpc) is 2.38. The summed E-state index contributed by atoms with van der Waals surface area (Å²) in [5, 5.41) is 0. The fourth-order valence-corrected chi connectivity index (χ4v) is 1.67. The van der Waals surface area contributed by atoms with Crippen molar-refractivity contribution < 1.29 is 0 Å². The van der Waals surface area contributed by atoms with Gasteiger partial charge in [-0.15, -0.1) is 0 Å². The number of allylic oxidation sites excluding steroid dienone is 1. The maximum absolute atomic E-state index is 4.44. The Bertz CT molecular complexity index is 483. The van der Waals surface area contributed by atoms with E-state index in [0.717, 1.165) is 5.69 Å². The van der Waals surface area contributed by atoms with Gasteiger partial charge in [-0.1, -0.05) is 55.5 Å². The van der Waals surface area contributed by atoms with Crippen molar-refractivity contribution in [1.29, 1.82) is 0 Å². The lowest BCUT2D eigenvalue weighted by Gasteiger charge is -2.05. The number of pyridine rings is 1. The van der Waals surface area contributed by atoms with E-state index in [2.05, 4.69) is 67.4 Å². The van der Waals surface area contributed by atoms with Crippen LogP contribution < -0.4 is 0 Å². The fourth-order valence-electron chi connectivity index (χ4n) is 1.67. The van der Waals surface area contributed by atoms with Gasteiger partial charge in [0.2, 0.25) is 0 Å². The van der Waals surface area contributed by atoms with Crippen molar-refractivity contribution in [3.8, 4) is 0 Å². The molecule has 0 radical (unpaired) electrons. The van der Waals surface area contributed by atoms with Gasteiger partial charge in [-0.3, -0.25) is 4.98 Å². The Balaban J connectivity index is 2.09. The number of benzene rings is 1. The zero-order chi connectivity index (χ0) is 12.1.